The molecule has 2 rings (SSSR count). The van der Waals surface area contributed by atoms with Gasteiger partial charge in [0.2, 0.25) is 0 Å². The fourth-order valence-electron chi connectivity index (χ4n) is 1.87. The molecular weight excluding hydrogens is 344 g/mol. The average Bonchev–Trinajstić information content (AvgIpc) is 2.44. The third-order valence-electron chi connectivity index (χ3n) is 2.80. The molecule has 0 aliphatic rings. The molecule has 0 aliphatic heterocycles. The van der Waals surface area contributed by atoms with Crippen molar-refractivity contribution in [1.82, 2.24) is 4.98 Å². The first-order valence-corrected chi connectivity index (χ1v) is 6.14. The zero-order valence-electron chi connectivity index (χ0n) is 11.4. The Hall–Kier alpha value is -2.78. The first-order valence-electron chi connectivity index (χ1n) is 6.14. The molecule has 0 fully saturated rings. The quantitative estimate of drug-likeness (QED) is 0.835. The highest BCUT2D eigenvalue weighted by Gasteiger charge is 2.33. The largest absolute Gasteiger partial charge is 0.573 e. The van der Waals surface area contributed by atoms with Crippen molar-refractivity contribution in [2.45, 2.75) is 12.5 Å². The predicted molar refractivity (Wildman–Crippen MR) is 68.3 cm³/mol. The number of aromatic carboxylic acids is 1. The summed E-state index contributed by atoms with van der Waals surface area (Å²) in [6, 6.07) is 4.44. The van der Waals surface area contributed by atoms with Crippen LogP contribution in [0, 0.1) is 0 Å². The molecule has 2 aromatic rings. The van der Waals surface area contributed by atoms with Crippen LogP contribution >= 0.6 is 0 Å². The molecule has 0 saturated carbocycles. The molecule has 1 N–H and O–H groups in total. The van der Waals surface area contributed by atoms with Crippen LogP contribution in [0.1, 0.15) is 16.1 Å². The smallest absolute Gasteiger partial charge is 0.476 e. The van der Waals surface area contributed by atoms with E-state index < -0.39 is 41.1 Å². The van der Waals surface area contributed by atoms with Crippen molar-refractivity contribution in [3.63, 3.8) is 0 Å². The third-order valence-corrected chi connectivity index (χ3v) is 2.80. The molecule has 1 heterocycles. The first kappa shape index (κ1) is 17.6. The Balaban J connectivity index is 2.58. The lowest BCUT2D eigenvalue weighted by Gasteiger charge is -2.13. The van der Waals surface area contributed by atoms with Crippen molar-refractivity contribution < 1.29 is 41.0 Å². The number of nitrogens with zero attached hydrogens (tertiary/aromatic N) is 1. The van der Waals surface area contributed by atoms with Crippen LogP contribution in [0.2, 0.25) is 0 Å². The number of ether oxygens (including phenoxy) is 1. The van der Waals surface area contributed by atoms with Crippen molar-refractivity contribution in [2.24, 2.45) is 0 Å². The van der Waals surface area contributed by atoms with Gasteiger partial charge in [-0.25, -0.2) is 9.78 Å². The van der Waals surface area contributed by atoms with Crippen molar-refractivity contribution in [1.29, 1.82) is 0 Å². The summed E-state index contributed by atoms with van der Waals surface area (Å²) < 4.78 is 78.6. The number of benzene rings is 1. The second kappa shape index (κ2) is 6.02. The maximum absolute atomic E-state index is 12.8. The Morgan fingerprint density at radius 1 is 1.08 bits per heavy atom. The normalized spacial score (nSPS) is 12.1. The van der Waals surface area contributed by atoms with Crippen LogP contribution in [0.15, 0.2) is 36.5 Å². The lowest BCUT2D eigenvalue weighted by atomic mass is 10.0. The van der Waals surface area contributed by atoms with E-state index in [1.54, 1.807) is 0 Å². The number of carboxylic acid groups (broad SMARTS) is 1. The molecule has 0 aliphatic carbocycles. The van der Waals surface area contributed by atoms with Gasteiger partial charge in [0.05, 0.1) is 5.56 Å². The summed E-state index contributed by atoms with van der Waals surface area (Å²) in [6.07, 6.45) is -9.46. The summed E-state index contributed by atoms with van der Waals surface area (Å²) in [5.74, 6) is -2.32. The second-order valence-electron chi connectivity index (χ2n) is 4.50. The van der Waals surface area contributed by atoms with Gasteiger partial charge >= 0.3 is 18.5 Å². The molecule has 24 heavy (non-hydrogen) atoms. The number of rotatable bonds is 3. The number of pyridine rings is 1. The predicted octanol–water partition coefficient (Wildman–Crippen LogP) is 4.36. The minimum Gasteiger partial charge on any atom is -0.476 e. The fraction of sp³-hybridized carbons (Fsp3) is 0.143. The summed E-state index contributed by atoms with van der Waals surface area (Å²) in [5.41, 5.74) is -2.66. The highest BCUT2D eigenvalue weighted by molar-refractivity contribution is 5.94. The standard InChI is InChI=1S/C14H7F6NO3/c15-13(16,17)8-5-10(11(12(22)23)21-6-8)7-2-1-3-9(4-7)24-14(18,19)20/h1-6H,(H,22,23). The number of hydrogen-bond donors (Lipinski definition) is 1. The maximum atomic E-state index is 12.8. The first-order chi connectivity index (χ1) is 11.0. The SMILES string of the molecule is O=C(O)c1ncc(C(F)(F)F)cc1-c1cccc(OC(F)(F)F)c1. The van der Waals surface area contributed by atoms with Gasteiger partial charge in [-0.1, -0.05) is 12.1 Å². The molecule has 0 spiro atoms. The number of aromatic nitrogens is 1. The van der Waals surface area contributed by atoms with Gasteiger partial charge in [0.25, 0.3) is 0 Å². The van der Waals surface area contributed by atoms with Crippen LogP contribution in [0.5, 0.6) is 5.75 Å². The van der Waals surface area contributed by atoms with E-state index in [-0.39, 0.29) is 5.56 Å². The summed E-state index contributed by atoms with van der Waals surface area (Å²) in [6.45, 7) is 0. The molecular formula is C14H7F6NO3. The number of alkyl halides is 6. The molecule has 0 amide bonds. The maximum Gasteiger partial charge on any atom is 0.573 e. The highest BCUT2D eigenvalue weighted by Crippen LogP contribution is 2.34. The molecule has 10 heteroatoms. The van der Waals surface area contributed by atoms with Crippen molar-refractivity contribution in [2.75, 3.05) is 0 Å². The zero-order chi connectivity index (χ0) is 18.1. The molecule has 0 saturated heterocycles. The minimum atomic E-state index is -5.00. The van der Waals surface area contributed by atoms with E-state index in [4.69, 9.17) is 5.11 Å². The molecule has 1 aromatic heterocycles. The molecule has 1 aromatic carbocycles. The van der Waals surface area contributed by atoms with E-state index in [1.165, 1.54) is 0 Å². The van der Waals surface area contributed by atoms with Crippen LogP contribution in [0.4, 0.5) is 26.3 Å². The Bertz CT molecular complexity index is 770. The molecule has 0 unspecified atom stereocenters. The molecule has 0 atom stereocenters. The molecule has 4 nitrogen and oxygen atoms in total. The van der Waals surface area contributed by atoms with Crippen molar-refractivity contribution in [3.8, 4) is 16.9 Å². The van der Waals surface area contributed by atoms with Crippen LogP contribution in [0.3, 0.4) is 0 Å². The number of carboxylic acids is 1. The average molecular weight is 351 g/mol. The van der Waals surface area contributed by atoms with E-state index in [2.05, 4.69) is 9.72 Å². The van der Waals surface area contributed by atoms with Crippen LogP contribution in [-0.2, 0) is 6.18 Å². The Morgan fingerprint density at radius 2 is 1.75 bits per heavy atom. The van der Waals surface area contributed by atoms with E-state index >= 15 is 0 Å². The number of carbonyl (C=O) groups is 1. The fourth-order valence-corrected chi connectivity index (χ4v) is 1.87. The van der Waals surface area contributed by atoms with Gasteiger partial charge in [0.15, 0.2) is 5.69 Å². The van der Waals surface area contributed by atoms with E-state index in [9.17, 15) is 31.1 Å². The number of hydrogen-bond acceptors (Lipinski definition) is 3. The third kappa shape index (κ3) is 4.15. The van der Waals surface area contributed by atoms with Crippen LogP contribution < -0.4 is 4.74 Å². The van der Waals surface area contributed by atoms with Crippen LogP contribution in [0.25, 0.3) is 11.1 Å². The van der Waals surface area contributed by atoms with Crippen LogP contribution in [-0.4, -0.2) is 22.4 Å². The lowest BCUT2D eigenvalue weighted by Crippen LogP contribution is -2.17. The van der Waals surface area contributed by atoms with Crippen molar-refractivity contribution >= 4 is 5.97 Å². The van der Waals surface area contributed by atoms with E-state index in [1.807, 2.05) is 0 Å². The van der Waals surface area contributed by atoms with Gasteiger partial charge in [0, 0.05) is 11.8 Å². The van der Waals surface area contributed by atoms with Gasteiger partial charge in [0.1, 0.15) is 5.75 Å². The molecule has 0 radical (unpaired) electrons. The van der Waals surface area contributed by atoms with Gasteiger partial charge in [-0.2, -0.15) is 13.2 Å². The summed E-state index contributed by atoms with van der Waals surface area (Å²) >= 11 is 0. The highest BCUT2D eigenvalue weighted by atomic mass is 19.4. The van der Waals surface area contributed by atoms with Gasteiger partial charge in [-0.3, -0.25) is 0 Å². The zero-order valence-corrected chi connectivity index (χ0v) is 11.4. The summed E-state index contributed by atoms with van der Waals surface area (Å²) in [5, 5.41) is 9.02. The molecule has 128 valence electrons. The lowest BCUT2D eigenvalue weighted by molar-refractivity contribution is -0.274. The Labute approximate surface area is 130 Å². The summed E-state index contributed by atoms with van der Waals surface area (Å²) in [4.78, 5) is 14.4. The topological polar surface area (TPSA) is 59.4 Å². The summed E-state index contributed by atoms with van der Waals surface area (Å²) in [7, 11) is 0. The van der Waals surface area contributed by atoms with Gasteiger partial charge < -0.3 is 9.84 Å². The minimum absolute atomic E-state index is 0.215. The van der Waals surface area contributed by atoms with Gasteiger partial charge in [-0.15, -0.1) is 13.2 Å². The van der Waals surface area contributed by atoms with E-state index in [0.717, 1.165) is 24.3 Å². The van der Waals surface area contributed by atoms with Crippen molar-refractivity contribution in [3.05, 3.63) is 47.8 Å². The molecule has 0 bridgehead atoms. The monoisotopic (exact) mass is 351 g/mol. The Kier molecular flexibility index (Phi) is 4.41. The Morgan fingerprint density at radius 3 is 2.29 bits per heavy atom. The van der Waals surface area contributed by atoms with Gasteiger partial charge in [-0.05, 0) is 23.8 Å². The second-order valence-corrected chi connectivity index (χ2v) is 4.50. The number of halogens is 6. The van der Waals surface area contributed by atoms with E-state index in [0.29, 0.717) is 12.3 Å².